The molecule has 0 saturated carbocycles. The van der Waals surface area contributed by atoms with Crippen molar-refractivity contribution in [3.8, 4) is 0 Å². The molecule has 0 bridgehead atoms. The molecule has 1 aliphatic rings. The minimum Gasteiger partial charge on any atom is -0.257 e. The number of hydrogen-bond donors (Lipinski definition) is 0. The van der Waals surface area contributed by atoms with E-state index >= 15 is 0 Å². The summed E-state index contributed by atoms with van der Waals surface area (Å²) in [7, 11) is 0. The Bertz CT molecular complexity index is 413. The van der Waals surface area contributed by atoms with Gasteiger partial charge in [-0.15, -0.1) is 0 Å². The third-order valence-corrected chi connectivity index (χ3v) is 2.79. The summed E-state index contributed by atoms with van der Waals surface area (Å²) < 4.78 is 0. The fourth-order valence-electron chi connectivity index (χ4n) is 1.91. The van der Waals surface area contributed by atoms with Gasteiger partial charge in [-0.25, -0.2) is 0 Å². The van der Waals surface area contributed by atoms with Crippen molar-refractivity contribution >= 4 is 17.5 Å². The second-order valence-electron chi connectivity index (χ2n) is 3.86. The van der Waals surface area contributed by atoms with Crippen LogP contribution in [0.3, 0.4) is 0 Å². The maximum atomic E-state index is 4.62. The summed E-state index contributed by atoms with van der Waals surface area (Å²) >= 11 is 0. The number of allylic oxidation sites excluding steroid dienone is 1. The van der Waals surface area contributed by atoms with Gasteiger partial charge >= 0.3 is 0 Å². The van der Waals surface area contributed by atoms with Crippen LogP contribution >= 0.6 is 0 Å². The first-order valence-electron chi connectivity index (χ1n) is 5.70. The summed E-state index contributed by atoms with van der Waals surface area (Å²) in [5.41, 5.74) is 5.22. The molecule has 0 amide bonds. The highest BCUT2D eigenvalue weighted by atomic mass is 14.8. The molecule has 15 heavy (non-hydrogen) atoms. The number of hydrogen-bond acceptors (Lipinski definition) is 1. The van der Waals surface area contributed by atoms with E-state index in [-0.39, 0.29) is 0 Å². The van der Waals surface area contributed by atoms with Gasteiger partial charge in [0.25, 0.3) is 0 Å². The molecule has 1 heteroatoms. The molecule has 1 aromatic rings. The molecule has 0 N–H and O–H groups in total. The van der Waals surface area contributed by atoms with Crippen LogP contribution in [0.1, 0.15) is 37.8 Å². The molecule has 0 fully saturated rings. The summed E-state index contributed by atoms with van der Waals surface area (Å²) in [5.74, 6) is 0. The van der Waals surface area contributed by atoms with Crippen LogP contribution in [0, 0.1) is 0 Å². The van der Waals surface area contributed by atoms with Gasteiger partial charge in [0, 0.05) is 12.1 Å². The van der Waals surface area contributed by atoms with Gasteiger partial charge in [-0.2, -0.15) is 0 Å². The second kappa shape index (κ2) is 4.43. The van der Waals surface area contributed by atoms with Gasteiger partial charge in [0.15, 0.2) is 0 Å². The predicted octanol–water partition coefficient (Wildman–Crippen LogP) is 4.15. The first-order valence-corrected chi connectivity index (χ1v) is 5.70. The van der Waals surface area contributed by atoms with Crippen LogP contribution in [-0.4, -0.2) is 5.71 Å². The molecule has 0 saturated heterocycles. The Kier molecular flexibility index (Phi) is 3.00. The van der Waals surface area contributed by atoms with E-state index in [2.05, 4.69) is 49.2 Å². The molecule has 1 heterocycles. The molecule has 0 aliphatic carbocycles. The average molecular weight is 199 g/mol. The third kappa shape index (κ3) is 2.01. The zero-order valence-corrected chi connectivity index (χ0v) is 9.46. The van der Waals surface area contributed by atoms with Crippen LogP contribution in [0.5, 0.6) is 0 Å². The van der Waals surface area contributed by atoms with E-state index in [1.54, 1.807) is 0 Å². The summed E-state index contributed by atoms with van der Waals surface area (Å²) in [5, 5.41) is 0. The van der Waals surface area contributed by atoms with Gasteiger partial charge in [0.05, 0.1) is 5.69 Å². The molecule has 0 atom stereocenters. The van der Waals surface area contributed by atoms with E-state index in [9.17, 15) is 0 Å². The number of rotatable bonds is 3. The average Bonchev–Trinajstić information content (AvgIpc) is 2.69. The standard InChI is InChI=1S/C14H17N/c1-3-5-7-11-8-6-9-14-13(11)10-12(4-2)15-14/h5-9H,3-4,10H2,1-2H3/b7-5-. The fourth-order valence-corrected chi connectivity index (χ4v) is 1.91. The molecular formula is C14H17N. The Hall–Kier alpha value is -1.37. The van der Waals surface area contributed by atoms with Crippen molar-refractivity contribution in [1.29, 1.82) is 0 Å². The van der Waals surface area contributed by atoms with E-state index < -0.39 is 0 Å². The van der Waals surface area contributed by atoms with Crippen molar-refractivity contribution in [1.82, 2.24) is 0 Å². The van der Waals surface area contributed by atoms with Crippen molar-refractivity contribution in [2.24, 2.45) is 4.99 Å². The van der Waals surface area contributed by atoms with E-state index in [0.717, 1.165) is 19.3 Å². The highest BCUT2D eigenvalue weighted by Crippen LogP contribution is 2.30. The van der Waals surface area contributed by atoms with Gasteiger partial charge in [-0.05, 0) is 30.0 Å². The second-order valence-corrected chi connectivity index (χ2v) is 3.86. The maximum absolute atomic E-state index is 4.62. The van der Waals surface area contributed by atoms with Crippen molar-refractivity contribution in [2.45, 2.75) is 33.1 Å². The van der Waals surface area contributed by atoms with Crippen LogP contribution in [-0.2, 0) is 6.42 Å². The van der Waals surface area contributed by atoms with Gasteiger partial charge < -0.3 is 0 Å². The van der Waals surface area contributed by atoms with E-state index in [1.165, 1.54) is 22.5 Å². The topological polar surface area (TPSA) is 12.4 Å². The maximum Gasteiger partial charge on any atom is 0.0670 e. The SMILES string of the molecule is CC/C=C\c1cccc2c1CC(CC)=N2. The summed E-state index contributed by atoms with van der Waals surface area (Å²) in [4.78, 5) is 4.62. The first kappa shape index (κ1) is 10.2. The van der Waals surface area contributed by atoms with E-state index in [0.29, 0.717) is 0 Å². The van der Waals surface area contributed by atoms with Gasteiger partial charge in [0.2, 0.25) is 0 Å². The number of aliphatic imine (C=N–C) groups is 1. The van der Waals surface area contributed by atoms with Crippen LogP contribution in [0.15, 0.2) is 29.3 Å². The molecule has 2 rings (SSSR count). The Morgan fingerprint density at radius 2 is 2.20 bits per heavy atom. The normalized spacial score (nSPS) is 14.4. The zero-order valence-electron chi connectivity index (χ0n) is 9.46. The number of benzene rings is 1. The smallest absolute Gasteiger partial charge is 0.0670 e. The minimum atomic E-state index is 1.04. The monoisotopic (exact) mass is 199 g/mol. The van der Waals surface area contributed by atoms with E-state index in [1.807, 2.05) is 0 Å². The van der Waals surface area contributed by atoms with Crippen LogP contribution in [0.25, 0.3) is 6.08 Å². The lowest BCUT2D eigenvalue weighted by molar-refractivity contribution is 1.22. The van der Waals surface area contributed by atoms with Crippen molar-refractivity contribution in [3.63, 3.8) is 0 Å². The Balaban J connectivity index is 2.34. The quantitative estimate of drug-likeness (QED) is 0.693. The Morgan fingerprint density at radius 1 is 1.33 bits per heavy atom. The van der Waals surface area contributed by atoms with Crippen LogP contribution < -0.4 is 0 Å². The van der Waals surface area contributed by atoms with Gasteiger partial charge in [0.1, 0.15) is 0 Å². The molecule has 0 radical (unpaired) electrons. The van der Waals surface area contributed by atoms with Gasteiger partial charge in [-0.3, -0.25) is 4.99 Å². The molecule has 1 nitrogen and oxygen atoms in total. The Labute approximate surface area is 91.6 Å². The van der Waals surface area contributed by atoms with Crippen molar-refractivity contribution in [2.75, 3.05) is 0 Å². The third-order valence-electron chi connectivity index (χ3n) is 2.79. The van der Waals surface area contributed by atoms with Crippen molar-refractivity contribution in [3.05, 3.63) is 35.4 Å². The van der Waals surface area contributed by atoms with Crippen LogP contribution in [0.4, 0.5) is 5.69 Å². The molecule has 0 spiro atoms. The zero-order chi connectivity index (χ0) is 10.7. The van der Waals surface area contributed by atoms with Crippen molar-refractivity contribution < 1.29 is 0 Å². The van der Waals surface area contributed by atoms with E-state index in [4.69, 9.17) is 0 Å². The molecule has 1 aliphatic heterocycles. The predicted molar refractivity (Wildman–Crippen MR) is 66.9 cm³/mol. The lowest BCUT2D eigenvalue weighted by Gasteiger charge is -2.02. The summed E-state index contributed by atoms with van der Waals surface area (Å²) in [6.07, 6.45) is 7.61. The molecular weight excluding hydrogens is 182 g/mol. The Morgan fingerprint density at radius 3 is 2.93 bits per heavy atom. The largest absolute Gasteiger partial charge is 0.257 e. The fraction of sp³-hybridized carbons (Fsp3) is 0.357. The number of nitrogens with zero attached hydrogens (tertiary/aromatic N) is 1. The number of fused-ring (bicyclic) bond motifs is 1. The summed E-state index contributed by atoms with van der Waals surface area (Å²) in [6, 6.07) is 6.39. The lowest BCUT2D eigenvalue weighted by atomic mass is 10.0. The molecule has 1 aromatic carbocycles. The lowest BCUT2D eigenvalue weighted by Crippen LogP contribution is -1.95. The molecule has 78 valence electrons. The summed E-state index contributed by atoms with van der Waals surface area (Å²) in [6.45, 7) is 4.33. The van der Waals surface area contributed by atoms with Gasteiger partial charge in [-0.1, -0.05) is 38.1 Å². The first-order chi connectivity index (χ1) is 7.35. The highest BCUT2D eigenvalue weighted by Gasteiger charge is 2.14. The molecule has 0 unspecified atom stereocenters. The minimum absolute atomic E-state index is 1.04. The van der Waals surface area contributed by atoms with Crippen LogP contribution in [0.2, 0.25) is 0 Å². The molecule has 0 aromatic heterocycles. The highest BCUT2D eigenvalue weighted by molar-refractivity contribution is 5.95.